The van der Waals surface area contributed by atoms with Crippen LogP contribution in [0.25, 0.3) is 0 Å². The molecule has 2 rings (SSSR count). The number of carbonyl (C=O) groups is 1. The van der Waals surface area contributed by atoms with Crippen molar-refractivity contribution < 1.29 is 14.3 Å². The van der Waals surface area contributed by atoms with Crippen LogP contribution in [0.15, 0.2) is 18.3 Å². The first-order valence-corrected chi connectivity index (χ1v) is 4.09. The summed E-state index contributed by atoms with van der Waals surface area (Å²) in [5, 5.41) is 0. The van der Waals surface area contributed by atoms with Gasteiger partial charge < -0.3 is 14.5 Å². The highest BCUT2D eigenvalue weighted by molar-refractivity contribution is 5.84. The van der Waals surface area contributed by atoms with Crippen LogP contribution in [0, 0.1) is 0 Å². The number of methoxy groups -OCH3 is 1. The SMILES string of the molecule is COC(=O)C1(c2ccc[nH]2)COC1. The number of aromatic nitrogens is 1. The minimum absolute atomic E-state index is 0.235. The zero-order valence-corrected chi connectivity index (χ0v) is 7.37. The van der Waals surface area contributed by atoms with Gasteiger partial charge in [0.2, 0.25) is 0 Å². The molecule has 0 aliphatic carbocycles. The summed E-state index contributed by atoms with van der Waals surface area (Å²) in [5.74, 6) is -0.235. The van der Waals surface area contributed by atoms with Gasteiger partial charge in [-0.2, -0.15) is 0 Å². The second-order valence-electron chi connectivity index (χ2n) is 3.15. The zero-order valence-electron chi connectivity index (χ0n) is 7.37. The summed E-state index contributed by atoms with van der Waals surface area (Å²) >= 11 is 0. The lowest BCUT2D eigenvalue weighted by Gasteiger charge is -2.37. The van der Waals surface area contributed by atoms with Gasteiger partial charge in [0.25, 0.3) is 0 Å². The molecular formula is C9H11NO3. The van der Waals surface area contributed by atoms with Crippen LogP contribution in [0.5, 0.6) is 0 Å². The van der Waals surface area contributed by atoms with E-state index in [-0.39, 0.29) is 5.97 Å². The summed E-state index contributed by atoms with van der Waals surface area (Å²) in [7, 11) is 1.39. The Balaban J connectivity index is 2.31. The highest BCUT2D eigenvalue weighted by atomic mass is 16.5. The molecule has 0 atom stereocenters. The minimum atomic E-state index is -0.585. The first-order chi connectivity index (χ1) is 6.29. The molecule has 4 nitrogen and oxygen atoms in total. The Morgan fingerprint density at radius 1 is 1.69 bits per heavy atom. The van der Waals surface area contributed by atoms with Gasteiger partial charge >= 0.3 is 5.97 Å². The number of H-pyrrole nitrogens is 1. The molecule has 1 N–H and O–H groups in total. The Kier molecular flexibility index (Phi) is 1.84. The predicted octanol–water partition coefficient (Wildman–Crippen LogP) is 0.456. The smallest absolute Gasteiger partial charge is 0.322 e. The van der Waals surface area contributed by atoms with Crippen LogP contribution in [0.1, 0.15) is 5.69 Å². The molecule has 1 aromatic rings. The average molecular weight is 181 g/mol. The number of esters is 1. The summed E-state index contributed by atoms with van der Waals surface area (Å²) in [6.07, 6.45) is 1.79. The minimum Gasteiger partial charge on any atom is -0.468 e. The van der Waals surface area contributed by atoms with Crippen molar-refractivity contribution in [1.29, 1.82) is 0 Å². The van der Waals surface area contributed by atoms with Gasteiger partial charge in [-0.1, -0.05) is 0 Å². The summed E-state index contributed by atoms with van der Waals surface area (Å²) in [6.45, 7) is 0.806. The van der Waals surface area contributed by atoms with Crippen LogP contribution in [0.2, 0.25) is 0 Å². The van der Waals surface area contributed by atoms with Gasteiger partial charge in [-0.3, -0.25) is 4.79 Å². The third-order valence-electron chi connectivity index (χ3n) is 2.39. The van der Waals surface area contributed by atoms with Gasteiger partial charge in [-0.05, 0) is 12.1 Å². The number of aromatic amines is 1. The van der Waals surface area contributed by atoms with Crippen molar-refractivity contribution in [3.63, 3.8) is 0 Å². The van der Waals surface area contributed by atoms with E-state index in [0.717, 1.165) is 5.69 Å². The monoisotopic (exact) mass is 181 g/mol. The fourth-order valence-electron chi connectivity index (χ4n) is 1.51. The van der Waals surface area contributed by atoms with Crippen molar-refractivity contribution in [1.82, 2.24) is 4.98 Å². The summed E-state index contributed by atoms with van der Waals surface area (Å²) in [4.78, 5) is 14.5. The van der Waals surface area contributed by atoms with E-state index < -0.39 is 5.41 Å². The zero-order chi connectivity index (χ0) is 9.31. The van der Waals surface area contributed by atoms with Crippen LogP contribution in [0.4, 0.5) is 0 Å². The second-order valence-corrected chi connectivity index (χ2v) is 3.15. The first-order valence-electron chi connectivity index (χ1n) is 4.09. The maximum atomic E-state index is 11.5. The first kappa shape index (κ1) is 8.31. The number of ether oxygens (including phenoxy) is 2. The summed E-state index contributed by atoms with van der Waals surface area (Å²) < 4.78 is 9.81. The van der Waals surface area contributed by atoms with Crippen molar-refractivity contribution in [3.05, 3.63) is 24.0 Å². The lowest BCUT2D eigenvalue weighted by molar-refractivity contribution is -0.167. The molecule has 0 aromatic carbocycles. The van der Waals surface area contributed by atoms with Gasteiger partial charge in [0.05, 0.1) is 20.3 Å². The predicted molar refractivity (Wildman–Crippen MR) is 45.3 cm³/mol. The highest BCUT2D eigenvalue weighted by Gasteiger charge is 2.49. The molecule has 1 fully saturated rings. The van der Waals surface area contributed by atoms with E-state index in [0.29, 0.717) is 13.2 Å². The molecule has 70 valence electrons. The Hall–Kier alpha value is -1.29. The van der Waals surface area contributed by atoms with Gasteiger partial charge in [0.1, 0.15) is 0 Å². The van der Waals surface area contributed by atoms with Crippen molar-refractivity contribution >= 4 is 5.97 Å². The Labute approximate surface area is 75.8 Å². The molecule has 2 heterocycles. The number of hydrogen-bond donors (Lipinski definition) is 1. The van der Waals surface area contributed by atoms with Crippen LogP contribution in [0.3, 0.4) is 0 Å². The van der Waals surface area contributed by atoms with Crippen LogP contribution >= 0.6 is 0 Å². The van der Waals surface area contributed by atoms with E-state index in [1.54, 1.807) is 6.20 Å². The van der Waals surface area contributed by atoms with Crippen molar-refractivity contribution in [2.24, 2.45) is 0 Å². The van der Waals surface area contributed by atoms with E-state index in [9.17, 15) is 4.79 Å². The Bertz CT molecular complexity index is 301. The van der Waals surface area contributed by atoms with Crippen LogP contribution in [-0.4, -0.2) is 31.3 Å². The second kappa shape index (κ2) is 2.88. The normalized spacial score (nSPS) is 19.2. The van der Waals surface area contributed by atoms with Crippen LogP contribution < -0.4 is 0 Å². The molecule has 1 saturated heterocycles. The Morgan fingerprint density at radius 3 is 2.85 bits per heavy atom. The highest BCUT2D eigenvalue weighted by Crippen LogP contribution is 2.32. The molecule has 0 saturated carbocycles. The lowest BCUT2D eigenvalue weighted by atomic mass is 9.82. The number of hydrogen-bond acceptors (Lipinski definition) is 3. The quantitative estimate of drug-likeness (QED) is 0.674. The fraction of sp³-hybridized carbons (Fsp3) is 0.444. The van der Waals surface area contributed by atoms with E-state index in [1.165, 1.54) is 7.11 Å². The third-order valence-corrected chi connectivity index (χ3v) is 2.39. The van der Waals surface area contributed by atoms with Gasteiger partial charge in [-0.15, -0.1) is 0 Å². The molecule has 1 aromatic heterocycles. The number of rotatable bonds is 2. The molecule has 1 aliphatic rings. The van der Waals surface area contributed by atoms with E-state index >= 15 is 0 Å². The molecule has 0 radical (unpaired) electrons. The van der Waals surface area contributed by atoms with Crippen molar-refractivity contribution in [3.8, 4) is 0 Å². The molecule has 0 unspecified atom stereocenters. The number of nitrogens with one attached hydrogen (secondary N) is 1. The topological polar surface area (TPSA) is 51.3 Å². The van der Waals surface area contributed by atoms with E-state index in [2.05, 4.69) is 4.98 Å². The molecule has 4 heteroatoms. The standard InChI is InChI=1S/C9H11NO3/c1-12-8(11)9(5-13-6-9)7-3-2-4-10-7/h2-4,10H,5-6H2,1H3. The van der Waals surface area contributed by atoms with Gasteiger partial charge in [0.15, 0.2) is 5.41 Å². The van der Waals surface area contributed by atoms with Crippen LogP contribution in [-0.2, 0) is 19.7 Å². The van der Waals surface area contributed by atoms with Gasteiger partial charge in [-0.25, -0.2) is 0 Å². The summed E-state index contributed by atoms with van der Waals surface area (Å²) in [6, 6.07) is 3.73. The average Bonchev–Trinajstić information content (AvgIpc) is 2.55. The largest absolute Gasteiger partial charge is 0.468 e. The molecule has 13 heavy (non-hydrogen) atoms. The van der Waals surface area contributed by atoms with E-state index in [4.69, 9.17) is 9.47 Å². The maximum Gasteiger partial charge on any atom is 0.322 e. The Morgan fingerprint density at radius 2 is 2.46 bits per heavy atom. The molecule has 0 amide bonds. The van der Waals surface area contributed by atoms with E-state index in [1.807, 2.05) is 12.1 Å². The lowest BCUT2D eigenvalue weighted by Crippen LogP contribution is -2.53. The van der Waals surface area contributed by atoms with Crippen molar-refractivity contribution in [2.75, 3.05) is 20.3 Å². The van der Waals surface area contributed by atoms with Crippen molar-refractivity contribution in [2.45, 2.75) is 5.41 Å². The molecule has 1 aliphatic heterocycles. The maximum absolute atomic E-state index is 11.5. The molecule has 0 spiro atoms. The number of carbonyl (C=O) groups excluding carboxylic acids is 1. The molecule has 0 bridgehead atoms. The fourth-order valence-corrected chi connectivity index (χ4v) is 1.51. The van der Waals surface area contributed by atoms with Gasteiger partial charge in [0, 0.05) is 11.9 Å². The molecular weight excluding hydrogens is 170 g/mol. The summed E-state index contributed by atoms with van der Waals surface area (Å²) in [5.41, 5.74) is 0.281. The third kappa shape index (κ3) is 1.06.